The van der Waals surface area contributed by atoms with E-state index in [0.717, 1.165) is 19.4 Å². The molecule has 1 aromatic heterocycles. The molecule has 0 bridgehead atoms. The monoisotopic (exact) mass is 214 g/mol. The Labute approximate surface area is 86.6 Å². The normalized spacial score (nSPS) is 21.5. The van der Waals surface area contributed by atoms with E-state index in [1.54, 1.807) is 22.0 Å². The van der Waals surface area contributed by atoms with Gasteiger partial charge in [-0.05, 0) is 24.4 Å². The van der Waals surface area contributed by atoms with E-state index in [-0.39, 0.29) is 11.4 Å². The Balaban J connectivity index is 2.00. The first-order valence-electron chi connectivity index (χ1n) is 4.57. The van der Waals surface area contributed by atoms with Gasteiger partial charge in [-0.25, -0.2) is 0 Å². The Morgan fingerprint density at radius 1 is 1.64 bits per heavy atom. The van der Waals surface area contributed by atoms with Crippen molar-refractivity contribution in [3.63, 3.8) is 0 Å². The van der Waals surface area contributed by atoms with E-state index in [9.17, 15) is 4.79 Å². The Morgan fingerprint density at radius 3 is 3.14 bits per heavy atom. The van der Waals surface area contributed by atoms with E-state index in [0.29, 0.717) is 6.54 Å². The Kier molecular flexibility index (Phi) is 2.67. The fourth-order valence-electron chi connectivity index (χ4n) is 1.80. The molecule has 0 unspecified atom stereocenters. The van der Waals surface area contributed by atoms with Gasteiger partial charge in [-0.2, -0.15) is 0 Å². The van der Waals surface area contributed by atoms with Crippen molar-refractivity contribution >= 4 is 17.0 Å². The van der Waals surface area contributed by atoms with Crippen LogP contribution in [0.15, 0.2) is 12.4 Å². The number of hydrogen-bond donors (Lipinski definition) is 0. The zero-order chi connectivity index (χ0) is 9.97. The molecule has 1 aliphatic rings. The van der Waals surface area contributed by atoms with Gasteiger partial charge in [-0.1, -0.05) is 5.21 Å². The Bertz CT molecular complexity index is 313. The number of carbonyl (C=O) groups is 1. The third kappa shape index (κ3) is 1.87. The summed E-state index contributed by atoms with van der Waals surface area (Å²) in [5.41, 5.74) is 0. The predicted molar refractivity (Wildman–Crippen MR) is 51.0 cm³/mol. The molecule has 0 aliphatic carbocycles. The molecule has 76 valence electrons. The number of rotatable bonds is 2. The minimum Gasteiger partial charge on any atom is -0.324 e. The molecule has 2 rings (SSSR count). The van der Waals surface area contributed by atoms with Gasteiger partial charge < -0.3 is 4.90 Å². The van der Waals surface area contributed by atoms with Crippen LogP contribution in [0.4, 0.5) is 4.79 Å². The average molecular weight is 215 g/mol. The summed E-state index contributed by atoms with van der Waals surface area (Å²) >= 11 is 5.46. The molecule has 5 nitrogen and oxygen atoms in total. The van der Waals surface area contributed by atoms with Crippen LogP contribution in [0.5, 0.6) is 0 Å². The summed E-state index contributed by atoms with van der Waals surface area (Å²) in [6.45, 7) is 1.43. The van der Waals surface area contributed by atoms with Crippen molar-refractivity contribution in [1.82, 2.24) is 19.9 Å². The summed E-state index contributed by atoms with van der Waals surface area (Å²) in [5.74, 6) is 0. The molecular formula is C8H11ClN4O. The third-order valence-corrected chi connectivity index (χ3v) is 2.69. The summed E-state index contributed by atoms with van der Waals surface area (Å²) in [6.07, 6.45) is 5.41. The Morgan fingerprint density at radius 2 is 2.50 bits per heavy atom. The predicted octanol–water partition coefficient (Wildman–Crippen LogP) is 1.10. The van der Waals surface area contributed by atoms with Gasteiger partial charge in [-0.15, -0.1) is 5.10 Å². The lowest BCUT2D eigenvalue weighted by Gasteiger charge is -2.21. The quantitative estimate of drug-likeness (QED) is 0.547. The van der Waals surface area contributed by atoms with Gasteiger partial charge in [0.1, 0.15) is 0 Å². The molecule has 1 aliphatic heterocycles. The second kappa shape index (κ2) is 3.96. The summed E-state index contributed by atoms with van der Waals surface area (Å²) in [5, 5.41) is 7.20. The lowest BCUT2D eigenvalue weighted by Crippen LogP contribution is -2.34. The van der Waals surface area contributed by atoms with Crippen LogP contribution >= 0.6 is 11.6 Å². The van der Waals surface area contributed by atoms with Crippen LogP contribution < -0.4 is 0 Å². The van der Waals surface area contributed by atoms with Gasteiger partial charge in [0, 0.05) is 12.7 Å². The molecule has 0 radical (unpaired) electrons. The maximum Gasteiger partial charge on any atom is 0.316 e. The van der Waals surface area contributed by atoms with Crippen molar-refractivity contribution in [2.24, 2.45) is 0 Å². The van der Waals surface area contributed by atoms with E-state index in [4.69, 9.17) is 11.6 Å². The van der Waals surface area contributed by atoms with Gasteiger partial charge in [0.15, 0.2) is 0 Å². The van der Waals surface area contributed by atoms with E-state index in [2.05, 4.69) is 10.3 Å². The van der Waals surface area contributed by atoms with Crippen LogP contribution in [0.25, 0.3) is 0 Å². The first-order valence-corrected chi connectivity index (χ1v) is 4.95. The maximum absolute atomic E-state index is 11.0. The largest absolute Gasteiger partial charge is 0.324 e. The Hall–Kier alpha value is -1.10. The van der Waals surface area contributed by atoms with Gasteiger partial charge in [0.25, 0.3) is 0 Å². The molecule has 1 saturated heterocycles. The minimum atomic E-state index is -0.368. The molecule has 1 aromatic rings. The van der Waals surface area contributed by atoms with Gasteiger partial charge in [0.05, 0.1) is 18.8 Å². The molecular weight excluding hydrogens is 204 g/mol. The molecule has 1 amide bonds. The number of likely N-dealkylation sites (tertiary alicyclic amines) is 1. The van der Waals surface area contributed by atoms with E-state index in [1.165, 1.54) is 0 Å². The lowest BCUT2D eigenvalue weighted by molar-refractivity contribution is 0.209. The highest BCUT2D eigenvalue weighted by Gasteiger charge is 2.27. The highest BCUT2D eigenvalue weighted by Crippen LogP contribution is 2.20. The molecule has 0 aromatic carbocycles. The molecule has 1 fully saturated rings. The summed E-state index contributed by atoms with van der Waals surface area (Å²) < 4.78 is 1.73. The first kappa shape index (κ1) is 9.45. The van der Waals surface area contributed by atoms with Crippen molar-refractivity contribution in [3.8, 4) is 0 Å². The number of hydrogen-bond acceptors (Lipinski definition) is 3. The summed E-state index contributed by atoms with van der Waals surface area (Å²) in [4.78, 5) is 12.7. The van der Waals surface area contributed by atoms with Crippen molar-refractivity contribution in [2.75, 3.05) is 6.54 Å². The number of nitrogens with zero attached hydrogens (tertiary/aromatic N) is 4. The lowest BCUT2D eigenvalue weighted by atomic mass is 10.2. The average Bonchev–Trinajstić information content (AvgIpc) is 2.75. The SMILES string of the molecule is O=C(Cl)N1CCC[C@H]1Cn1ccnn1. The number of carbonyl (C=O) groups excluding carboxylic acids is 1. The van der Waals surface area contributed by atoms with Crippen LogP contribution in [0.3, 0.4) is 0 Å². The standard InChI is InChI=1S/C8H11ClN4O/c9-8(14)13-4-1-2-7(13)6-12-5-3-10-11-12/h3,5,7H,1-2,4,6H2/t7-/m0/s1. The topological polar surface area (TPSA) is 51.0 Å². The summed E-state index contributed by atoms with van der Waals surface area (Å²) in [6, 6.07) is 0.168. The number of amides is 1. The number of halogens is 1. The molecule has 2 heterocycles. The van der Waals surface area contributed by atoms with E-state index < -0.39 is 0 Å². The second-order valence-corrected chi connectivity index (χ2v) is 3.69. The smallest absolute Gasteiger partial charge is 0.316 e. The molecule has 0 saturated carbocycles. The van der Waals surface area contributed by atoms with E-state index >= 15 is 0 Å². The van der Waals surface area contributed by atoms with Crippen molar-refractivity contribution < 1.29 is 4.79 Å². The molecule has 1 atom stereocenters. The maximum atomic E-state index is 11.0. The number of aromatic nitrogens is 3. The fraction of sp³-hybridized carbons (Fsp3) is 0.625. The second-order valence-electron chi connectivity index (χ2n) is 3.37. The van der Waals surface area contributed by atoms with Crippen molar-refractivity contribution in [3.05, 3.63) is 12.4 Å². The molecule has 14 heavy (non-hydrogen) atoms. The third-order valence-electron chi connectivity index (χ3n) is 2.47. The van der Waals surface area contributed by atoms with E-state index in [1.807, 2.05) is 0 Å². The van der Waals surface area contributed by atoms with Crippen LogP contribution in [-0.4, -0.2) is 37.8 Å². The molecule has 0 N–H and O–H groups in total. The first-order chi connectivity index (χ1) is 6.77. The fourth-order valence-corrected chi connectivity index (χ4v) is 2.03. The van der Waals surface area contributed by atoms with Gasteiger partial charge in [-0.3, -0.25) is 9.48 Å². The minimum absolute atomic E-state index is 0.168. The van der Waals surface area contributed by atoms with Crippen LogP contribution in [0, 0.1) is 0 Å². The van der Waals surface area contributed by atoms with Crippen molar-refractivity contribution in [2.45, 2.75) is 25.4 Å². The van der Waals surface area contributed by atoms with Gasteiger partial charge in [0.2, 0.25) is 0 Å². The van der Waals surface area contributed by atoms with Crippen LogP contribution in [-0.2, 0) is 6.54 Å². The van der Waals surface area contributed by atoms with Crippen LogP contribution in [0.2, 0.25) is 0 Å². The van der Waals surface area contributed by atoms with Crippen LogP contribution in [0.1, 0.15) is 12.8 Å². The zero-order valence-corrected chi connectivity index (χ0v) is 8.39. The molecule has 6 heteroatoms. The molecule has 0 spiro atoms. The highest BCUT2D eigenvalue weighted by atomic mass is 35.5. The summed E-state index contributed by atoms with van der Waals surface area (Å²) in [7, 11) is 0. The van der Waals surface area contributed by atoms with Gasteiger partial charge >= 0.3 is 5.37 Å². The zero-order valence-electron chi connectivity index (χ0n) is 7.64. The van der Waals surface area contributed by atoms with Crippen molar-refractivity contribution in [1.29, 1.82) is 0 Å². The highest BCUT2D eigenvalue weighted by molar-refractivity contribution is 6.62.